The molecule has 0 bridgehead atoms. The molecule has 1 amide bonds. The number of amides is 1. The van der Waals surface area contributed by atoms with Gasteiger partial charge in [-0.25, -0.2) is 8.42 Å². The second-order valence-corrected chi connectivity index (χ2v) is 15.7. The number of aliphatic hydroxyl groups excluding tert-OH is 1. The first-order valence-electron chi connectivity index (χ1n) is 18.3. The summed E-state index contributed by atoms with van der Waals surface area (Å²) >= 11 is 0. The SMILES string of the molecule is Cc1ccc(S(=O)(=O)NC(Cc2ccccc2)C(=O)NCc2ccc(C3OC(CN(C)C(C)c4ccccc4)CC(c4ccc(CO)cc4)O3)cc2)cc1. The Morgan fingerprint density at radius 3 is 2.06 bits per heavy atom. The predicted octanol–water partition coefficient (Wildman–Crippen LogP) is 6.93. The summed E-state index contributed by atoms with van der Waals surface area (Å²) in [6.07, 6.45) is -0.0975. The Hall–Kier alpha value is -4.68. The fourth-order valence-corrected chi connectivity index (χ4v) is 7.81. The quantitative estimate of drug-likeness (QED) is 0.106. The molecule has 5 atom stereocenters. The maximum absolute atomic E-state index is 13.6. The van der Waals surface area contributed by atoms with Crippen LogP contribution in [-0.4, -0.2) is 50.1 Å². The molecule has 54 heavy (non-hydrogen) atoms. The highest BCUT2D eigenvalue weighted by molar-refractivity contribution is 7.89. The van der Waals surface area contributed by atoms with Gasteiger partial charge in [0.05, 0.1) is 23.7 Å². The lowest BCUT2D eigenvalue weighted by molar-refractivity contribution is -0.253. The molecule has 0 spiro atoms. The number of likely N-dealkylation sites (N-methyl/N-ethyl adjacent to an activating group) is 1. The van der Waals surface area contributed by atoms with Crippen molar-refractivity contribution in [1.29, 1.82) is 0 Å². The van der Waals surface area contributed by atoms with E-state index < -0.39 is 28.3 Å². The Morgan fingerprint density at radius 2 is 1.41 bits per heavy atom. The minimum absolute atomic E-state index is 0.0220. The Bertz CT molecular complexity index is 2040. The highest BCUT2D eigenvalue weighted by atomic mass is 32.2. The summed E-state index contributed by atoms with van der Waals surface area (Å²) in [6.45, 7) is 4.96. The summed E-state index contributed by atoms with van der Waals surface area (Å²) in [6, 6.07) is 41.0. The van der Waals surface area contributed by atoms with E-state index in [0.717, 1.165) is 33.4 Å². The summed E-state index contributed by atoms with van der Waals surface area (Å²) in [5.41, 5.74) is 6.56. The number of hydrogen-bond donors (Lipinski definition) is 3. The lowest BCUT2D eigenvalue weighted by atomic mass is 9.99. The van der Waals surface area contributed by atoms with Crippen LogP contribution in [0.2, 0.25) is 0 Å². The average Bonchev–Trinajstić information content (AvgIpc) is 3.20. The van der Waals surface area contributed by atoms with Gasteiger partial charge in [0.2, 0.25) is 15.9 Å². The van der Waals surface area contributed by atoms with E-state index in [0.29, 0.717) is 13.0 Å². The van der Waals surface area contributed by atoms with E-state index in [1.54, 1.807) is 12.1 Å². The summed E-state index contributed by atoms with van der Waals surface area (Å²) in [4.78, 5) is 16.0. The van der Waals surface area contributed by atoms with Crippen molar-refractivity contribution < 1.29 is 27.8 Å². The molecule has 0 aliphatic carbocycles. The number of aliphatic hydroxyl groups is 1. The van der Waals surface area contributed by atoms with Gasteiger partial charge < -0.3 is 19.9 Å². The number of ether oxygens (including phenoxy) is 2. The van der Waals surface area contributed by atoms with Crippen molar-refractivity contribution in [2.24, 2.45) is 0 Å². The van der Waals surface area contributed by atoms with E-state index in [4.69, 9.17) is 9.47 Å². The zero-order valence-electron chi connectivity index (χ0n) is 31.0. The number of benzene rings is 5. The minimum atomic E-state index is -3.95. The Labute approximate surface area is 319 Å². The van der Waals surface area contributed by atoms with Crippen LogP contribution in [0.3, 0.4) is 0 Å². The third kappa shape index (κ3) is 10.3. The van der Waals surface area contributed by atoms with Crippen LogP contribution in [0, 0.1) is 6.92 Å². The Kier molecular flexibility index (Phi) is 13.1. The van der Waals surface area contributed by atoms with E-state index >= 15 is 0 Å². The lowest BCUT2D eigenvalue weighted by Gasteiger charge is -2.39. The molecule has 0 radical (unpaired) electrons. The maximum Gasteiger partial charge on any atom is 0.241 e. The molecule has 3 N–H and O–H groups in total. The summed E-state index contributed by atoms with van der Waals surface area (Å²) in [5, 5.41) is 12.5. The predicted molar refractivity (Wildman–Crippen MR) is 210 cm³/mol. The zero-order valence-corrected chi connectivity index (χ0v) is 31.8. The van der Waals surface area contributed by atoms with Crippen molar-refractivity contribution >= 4 is 15.9 Å². The van der Waals surface area contributed by atoms with E-state index in [2.05, 4.69) is 53.2 Å². The second-order valence-electron chi connectivity index (χ2n) is 14.0. The molecule has 5 aromatic carbocycles. The molecule has 1 aliphatic heterocycles. The van der Waals surface area contributed by atoms with Crippen LogP contribution in [0.15, 0.2) is 138 Å². The van der Waals surface area contributed by atoms with Gasteiger partial charge in [0, 0.05) is 31.1 Å². The third-order valence-corrected chi connectivity index (χ3v) is 11.5. The van der Waals surface area contributed by atoms with E-state index in [1.807, 2.05) is 91.9 Å². The van der Waals surface area contributed by atoms with Gasteiger partial charge in [-0.3, -0.25) is 9.69 Å². The van der Waals surface area contributed by atoms with E-state index in [-0.39, 0.29) is 42.7 Å². The summed E-state index contributed by atoms with van der Waals surface area (Å²) in [7, 11) is -1.85. The normalized spacial score (nSPS) is 18.6. The van der Waals surface area contributed by atoms with Gasteiger partial charge in [-0.2, -0.15) is 4.72 Å². The standard InChI is InChI=1S/C44H49N3O6S/c1-31-14-24-40(25-15-31)54(50,51)46-41(26-33-10-6-4-7-11-33)43(49)45-28-34-16-22-38(23-17-34)44-52-39(29-47(3)32(2)36-12-8-5-9-13-36)27-42(53-44)37-20-18-35(30-48)19-21-37/h4-25,32,39,41-42,44,46,48H,26-30H2,1-3H3,(H,45,49). The number of nitrogens with one attached hydrogen (secondary N) is 2. The third-order valence-electron chi connectivity index (χ3n) is 10.00. The highest BCUT2D eigenvalue weighted by Crippen LogP contribution is 2.38. The molecule has 1 fully saturated rings. The molecule has 9 nitrogen and oxygen atoms in total. The Morgan fingerprint density at radius 1 is 0.796 bits per heavy atom. The number of nitrogens with zero attached hydrogens (tertiary/aromatic N) is 1. The first kappa shape index (κ1) is 39.0. The van der Waals surface area contributed by atoms with Crippen molar-refractivity contribution in [3.8, 4) is 0 Å². The Balaban J connectivity index is 1.14. The van der Waals surface area contributed by atoms with Crippen LogP contribution in [-0.2, 0) is 43.9 Å². The van der Waals surface area contributed by atoms with Crippen molar-refractivity contribution in [1.82, 2.24) is 14.9 Å². The van der Waals surface area contributed by atoms with E-state index in [1.165, 1.54) is 17.7 Å². The molecule has 10 heteroatoms. The smallest absolute Gasteiger partial charge is 0.241 e. The summed E-state index contributed by atoms with van der Waals surface area (Å²) in [5.74, 6) is -0.427. The fraction of sp³-hybridized carbons (Fsp3) is 0.295. The highest BCUT2D eigenvalue weighted by Gasteiger charge is 2.33. The number of rotatable bonds is 15. The monoisotopic (exact) mass is 747 g/mol. The largest absolute Gasteiger partial charge is 0.392 e. The molecule has 5 unspecified atom stereocenters. The minimum Gasteiger partial charge on any atom is -0.392 e. The molecule has 6 rings (SSSR count). The van der Waals surface area contributed by atoms with Crippen LogP contribution in [0.1, 0.15) is 70.7 Å². The van der Waals surface area contributed by atoms with Gasteiger partial charge in [0.1, 0.15) is 6.04 Å². The van der Waals surface area contributed by atoms with Gasteiger partial charge >= 0.3 is 0 Å². The van der Waals surface area contributed by atoms with Crippen LogP contribution < -0.4 is 10.0 Å². The first-order valence-corrected chi connectivity index (χ1v) is 19.8. The fourth-order valence-electron chi connectivity index (χ4n) is 6.61. The van der Waals surface area contributed by atoms with Crippen LogP contribution >= 0.6 is 0 Å². The van der Waals surface area contributed by atoms with Gasteiger partial charge in [-0.15, -0.1) is 0 Å². The number of sulfonamides is 1. The van der Waals surface area contributed by atoms with E-state index in [9.17, 15) is 18.3 Å². The molecular weight excluding hydrogens is 699 g/mol. The molecule has 5 aromatic rings. The topological polar surface area (TPSA) is 117 Å². The van der Waals surface area contributed by atoms with Crippen LogP contribution in [0.4, 0.5) is 0 Å². The molecule has 1 saturated heterocycles. The maximum atomic E-state index is 13.6. The molecular formula is C44H49N3O6S. The zero-order chi connectivity index (χ0) is 38.1. The van der Waals surface area contributed by atoms with Gasteiger partial charge in [-0.1, -0.05) is 127 Å². The van der Waals surface area contributed by atoms with Crippen molar-refractivity contribution in [3.05, 3.63) is 172 Å². The molecule has 0 aromatic heterocycles. The molecule has 282 valence electrons. The number of hydrogen-bond acceptors (Lipinski definition) is 7. The number of aryl methyl sites for hydroxylation is 1. The van der Waals surface area contributed by atoms with Crippen molar-refractivity contribution in [2.45, 2.75) is 75.3 Å². The van der Waals surface area contributed by atoms with Crippen LogP contribution in [0.25, 0.3) is 0 Å². The van der Waals surface area contributed by atoms with Crippen molar-refractivity contribution in [3.63, 3.8) is 0 Å². The molecule has 1 heterocycles. The van der Waals surface area contributed by atoms with Gasteiger partial charge in [0.25, 0.3) is 0 Å². The van der Waals surface area contributed by atoms with Crippen LogP contribution in [0.5, 0.6) is 0 Å². The van der Waals surface area contributed by atoms with Crippen molar-refractivity contribution in [2.75, 3.05) is 13.6 Å². The van der Waals surface area contributed by atoms with Gasteiger partial charge in [-0.05, 0) is 67.3 Å². The second kappa shape index (κ2) is 18.1. The number of carbonyl (C=O) groups excluding carboxylic acids is 1. The summed E-state index contributed by atoms with van der Waals surface area (Å²) < 4.78 is 42.4. The molecule has 0 saturated carbocycles. The molecule has 1 aliphatic rings. The van der Waals surface area contributed by atoms with Gasteiger partial charge in [0.15, 0.2) is 6.29 Å². The average molecular weight is 748 g/mol. The number of carbonyl (C=O) groups is 1. The first-order chi connectivity index (χ1) is 26.1. The lowest BCUT2D eigenvalue weighted by Crippen LogP contribution is -2.47.